The lowest BCUT2D eigenvalue weighted by atomic mass is 9.62. The molecule has 1 unspecified atom stereocenters. The molecule has 0 spiro atoms. The molecule has 2 rings (SSSR count). The van der Waals surface area contributed by atoms with Gasteiger partial charge in [-0.2, -0.15) is 5.26 Å². The van der Waals surface area contributed by atoms with Crippen LogP contribution in [-0.2, 0) is 0 Å². The van der Waals surface area contributed by atoms with Crippen LogP contribution in [-0.4, -0.2) is 35.7 Å². The molecule has 1 aliphatic carbocycles. The lowest BCUT2D eigenvalue weighted by Gasteiger charge is -2.44. The van der Waals surface area contributed by atoms with E-state index in [1.54, 1.807) is 0 Å². The van der Waals surface area contributed by atoms with Crippen molar-refractivity contribution in [1.82, 2.24) is 4.90 Å². The van der Waals surface area contributed by atoms with Gasteiger partial charge in [0, 0.05) is 13.1 Å². The van der Waals surface area contributed by atoms with Crippen LogP contribution in [0.3, 0.4) is 0 Å². The van der Waals surface area contributed by atoms with Crippen LogP contribution >= 0.6 is 0 Å². The molecule has 1 saturated heterocycles. The minimum Gasteiger partial charge on any atom is -0.387 e. The third-order valence-corrected chi connectivity index (χ3v) is 4.67. The quantitative estimate of drug-likeness (QED) is 0.735. The molecule has 1 heterocycles. The van der Waals surface area contributed by atoms with Crippen molar-refractivity contribution >= 4 is 0 Å². The van der Waals surface area contributed by atoms with Crippen molar-refractivity contribution in [3.05, 3.63) is 0 Å². The van der Waals surface area contributed by atoms with E-state index < -0.39 is 11.0 Å². The van der Waals surface area contributed by atoms with Crippen molar-refractivity contribution in [2.75, 3.05) is 20.1 Å². The molecule has 0 radical (unpaired) electrons. The maximum atomic E-state index is 10.8. The highest BCUT2D eigenvalue weighted by molar-refractivity contribution is 5.15. The molecule has 3 nitrogen and oxygen atoms in total. The van der Waals surface area contributed by atoms with Gasteiger partial charge >= 0.3 is 0 Å². The van der Waals surface area contributed by atoms with E-state index >= 15 is 0 Å². The molecular weight excluding hydrogens is 200 g/mol. The second kappa shape index (κ2) is 4.01. The van der Waals surface area contributed by atoms with E-state index in [1.807, 2.05) is 7.05 Å². The number of aliphatic hydroxyl groups is 1. The summed E-state index contributed by atoms with van der Waals surface area (Å²) in [6.07, 6.45) is 4.66. The number of β-amino-alcohol motifs (C(OH)–C–C–N with tert-alkyl or cyclic N) is 1. The monoisotopic (exact) mass is 222 g/mol. The molecule has 0 amide bonds. The van der Waals surface area contributed by atoms with Gasteiger partial charge in [0.1, 0.15) is 0 Å². The molecule has 0 aromatic rings. The van der Waals surface area contributed by atoms with Gasteiger partial charge in [-0.25, -0.2) is 0 Å². The van der Waals surface area contributed by atoms with Gasteiger partial charge < -0.3 is 10.0 Å². The summed E-state index contributed by atoms with van der Waals surface area (Å²) in [6, 6.07) is 2.46. The minimum absolute atomic E-state index is 0.482. The number of rotatable bonds is 1. The van der Waals surface area contributed by atoms with Crippen LogP contribution in [0.5, 0.6) is 0 Å². The van der Waals surface area contributed by atoms with Crippen LogP contribution < -0.4 is 0 Å². The Bertz CT molecular complexity index is 302. The zero-order valence-electron chi connectivity index (χ0n) is 10.4. The van der Waals surface area contributed by atoms with Crippen molar-refractivity contribution in [1.29, 1.82) is 5.26 Å². The molecule has 1 N–H and O–H groups in total. The molecule has 1 saturated carbocycles. The van der Waals surface area contributed by atoms with E-state index in [0.29, 0.717) is 12.5 Å². The number of nitriles is 1. The summed E-state index contributed by atoms with van der Waals surface area (Å²) in [7, 11) is 2.02. The van der Waals surface area contributed by atoms with Gasteiger partial charge in [0.25, 0.3) is 0 Å². The normalized spacial score (nSPS) is 45.5. The average molecular weight is 222 g/mol. The lowest BCUT2D eigenvalue weighted by Crippen LogP contribution is -2.51. The van der Waals surface area contributed by atoms with Crippen LogP contribution in [0.25, 0.3) is 0 Å². The first-order chi connectivity index (χ1) is 7.51. The zero-order chi connectivity index (χ0) is 11.8. The summed E-state index contributed by atoms with van der Waals surface area (Å²) in [5, 5.41) is 20.3. The second-order valence-electron chi connectivity index (χ2n) is 5.90. The van der Waals surface area contributed by atoms with E-state index in [2.05, 4.69) is 17.9 Å². The third-order valence-electron chi connectivity index (χ3n) is 4.67. The molecule has 0 aromatic heterocycles. The fraction of sp³-hybridized carbons (Fsp3) is 0.923. The van der Waals surface area contributed by atoms with E-state index in [9.17, 15) is 10.4 Å². The Morgan fingerprint density at radius 3 is 2.38 bits per heavy atom. The van der Waals surface area contributed by atoms with Crippen LogP contribution in [0.2, 0.25) is 0 Å². The smallest absolute Gasteiger partial charge is 0.0971 e. The molecule has 2 fully saturated rings. The van der Waals surface area contributed by atoms with Gasteiger partial charge in [0.2, 0.25) is 0 Å². The van der Waals surface area contributed by atoms with Gasteiger partial charge in [-0.05, 0) is 45.1 Å². The van der Waals surface area contributed by atoms with Crippen molar-refractivity contribution in [3.8, 4) is 6.07 Å². The summed E-state index contributed by atoms with van der Waals surface area (Å²) >= 11 is 0. The average Bonchev–Trinajstić information content (AvgIpc) is 2.62. The van der Waals surface area contributed by atoms with Gasteiger partial charge in [0.15, 0.2) is 0 Å². The maximum Gasteiger partial charge on any atom is 0.0971 e. The summed E-state index contributed by atoms with van der Waals surface area (Å²) in [5.41, 5.74) is -1.25. The maximum absolute atomic E-state index is 10.8. The summed E-state index contributed by atoms with van der Waals surface area (Å²) in [4.78, 5) is 2.14. The largest absolute Gasteiger partial charge is 0.387 e. The van der Waals surface area contributed by atoms with Crippen molar-refractivity contribution in [2.45, 2.75) is 44.6 Å². The van der Waals surface area contributed by atoms with E-state index in [-0.39, 0.29) is 0 Å². The Morgan fingerprint density at radius 1 is 1.31 bits per heavy atom. The highest BCUT2D eigenvalue weighted by Gasteiger charge is 2.54. The van der Waals surface area contributed by atoms with Crippen molar-refractivity contribution < 1.29 is 5.11 Å². The van der Waals surface area contributed by atoms with Crippen LogP contribution in [0.1, 0.15) is 39.0 Å². The third kappa shape index (κ3) is 1.74. The molecule has 0 bridgehead atoms. The van der Waals surface area contributed by atoms with Crippen molar-refractivity contribution in [3.63, 3.8) is 0 Å². The molecule has 3 heteroatoms. The predicted molar refractivity (Wildman–Crippen MR) is 62.7 cm³/mol. The Balaban J connectivity index is 2.19. The van der Waals surface area contributed by atoms with Gasteiger partial charge in [-0.3, -0.25) is 0 Å². The van der Waals surface area contributed by atoms with Gasteiger partial charge in [0.05, 0.1) is 17.1 Å². The minimum atomic E-state index is -0.767. The molecular formula is C13H22N2O. The van der Waals surface area contributed by atoms with E-state index in [1.165, 1.54) is 0 Å². The first kappa shape index (κ1) is 11.9. The highest BCUT2D eigenvalue weighted by atomic mass is 16.3. The standard InChI is InChI=1S/C13H22N2O/c1-11-3-5-12(9-14,6-4-11)13(16)7-8-15(2)10-13/h11,16H,3-8,10H2,1-2H3. The number of hydrogen-bond donors (Lipinski definition) is 1. The second-order valence-corrected chi connectivity index (χ2v) is 5.90. The number of hydrogen-bond acceptors (Lipinski definition) is 3. The van der Waals surface area contributed by atoms with Gasteiger partial charge in [-0.1, -0.05) is 6.92 Å². The number of likely N-dealkylation sites (N-methyl/N-ethyl adjacent to an activating group) is 1. The topological polar surface area (TPSA) is 47.3 Å². The fourth-order valence-electron chi connectivity index (χ4n) is 3.31. The Morgan fingerprint density at radius 2 is 1.94 bits per heavy atom. The highest BCUT2D eigenvalue weighted by Crippen LogP contribution is 2.49. The van der Waals surface area contributed by atoms with Crippen molar-refractivity contribution in [2.24, 2.45) is 11.3 Å². The van der Waals surface area contributed by atoms with Gasteiger partial charge in [-0.15, -0.1) is 0 Å². The predicted octanol–water partition coefficient (Wildman–Crippen LogP) is 1.77. The Kier molecular flexibility index (Phi) is 2.98. The Hall–Kier alpha value is -0.590. The molecule has 16 heavy (non-hydrogen) atoms. The van der Waals surface area contributed by atoms with Crippen LogP contribution in [0, 0.1) is 22.7 Å². The number of nitrogens with zero attached hydrogens (tertiary/aromatic N) is 2. The molecule has 2 aliphatic rings. The molecule has 1 atom stereocenters. The fourth-order valence-corrected chi connectivity index (χ4v) is 3.31. The summed E-state index contributed by atoms with van der Waals surface area (Å²) < 4.78 is 0. The Labute approximate surface area is 98.1 Å². The summed E-state index contributed by atoms with van der Waals surface area (Å²) in [5.74, 6) is 0.712. The first-order valence-electron chi connectivity index (χ1n) is 6.33. The van der Waals surface area contributed by atoms with E-state index in [4.69, 9.17) is 0 Å². The molecule has 0 aromatic carbocycles. The first-order valence-corrected chi connectivity index (χ1v) is 6.33. The van der Waals surface area contributed by atoms with E-state index in [0.717, 1.165) is 38.6 Å². The summed E-state index contributed by atoms with van der Waals surface area (Å²) in [6.45, 7) is 3.82. The SMILES string of the molecule is CC1CCC(C#N)(C2(O)CCN(C)C2)CC1. The number of likely N-dealkylation sites (tertiary alicyclic amines) is 1. The van der Waals surface area contributed by atoms with Crippen LogP contribution in [0.4, 0.5) is 0 Å². The zero-order valence-corrected chi connectivity index (χ0v) is 10.4. The lowest BCUT2D eigenvalue weighted by molar-refractivity contribution is -0.0668. The van der Waals surface area contributed by atoms with Crippen LogP contribution in [0.15, 0.2) is 0 Å². The molecule has 1 aliphatic heterocycles. The molecule has 90 valence electrons.